The van der Waals surface area contributed by atoms with E-state index in [9.17, 15) is 9.59 Å². The molecular weight excluding hydrogens is 254 g/mol. The van der Waals surface area contributed by atoms with Crippen LogP contribution < -0.4 is 5.32 Å². The normalized spacial score (nSPS) is 14.6. The molecular formula is C15H21N3O2. The summed E-state index contributed by atoms with van der Waals surface area (Å²) in [4.78, 5) is 28.9. The maximum Gasteiger partial charge on any atom is 0.222 e. The van der Waals surface area contributed by atoms with Gasteiger partial charge in [0.1, 0.15) is 0 Å². The van der Waals surface area contributed by atoms with Gasteiger partial charge in [-0.25, -0.2) is 0 Å². The number of hydrogen-bond acceptors (Lipinski definition) is 3. The van der Waals surface area contributed by atoms with E-state index in [0.29, 0.717) is 25.9 Å². The Balaban J connectivity index is 1.55. The highest BCUT2D eigenvalue weighted by Crippen LogP contribution is 2.10. The van der Waals surface area contributed by atoms with Gasteiger partial charge in [0, 0.05) is 44.9 Å². The van der Waals surface area contributed by atoms with E-state index < -0.39 is 0 Å². The van der Waals surface area contributed by atoms with E-state index in [1.807, 2.05) is 17.0 Å². The van der Waals surface area contributed by atoms with Crippen molar-refractivity contribution in [2.45, 2.75) is 32.1 Å². The third kappa shape index (κ3) is 4.64. The van der Waals surface area contributed by atoms with Gasteiger partial charge in [-0.05, 0) is 37.0 Å². The summed E-state index contributed by atoms with van der Waals surface area (Å²) in [5.41, 5.74) is 1.17. The minimum absolute atomic E-state index is 0.0608. The first kappa shape index (κ1) is 14.5. The zero-order valence-electron chi connectivity index (χ0n) is 11.7. The number of amides is 2. The maximum absolute atomic E-state index is 11.7. The second-order valence-corrected chi connectivity index (χ2v) is 5.04. The predicted octanol–water partition coefficient (Wildman–Crippen LogP) is 1.14. The van der Waals surface area contributed by atoms with E-state index in [0.717, 1.165) is 25.8 Å². The maximum atomic E-state index is 11.7. The van der Waals surface area contributed by atoms with Crippen molar-refractivity contribution in [2.75, 3.05) is 19.6 Å². The van der Waals surface area contributed by atoms with Crippen LogP contribution in [0.1, 0.15) is 31.2 Å². The molecule has 0 atom stereocenters. The van der Waals surface area contributed by atoms with E-state index in [4.69, 9.17) is 0 Å². The number of rotatable bonds is 7. The molecule has 0 saturated carbocycles. The summed E-state index contributed by atoms with van der Waals surface area (Å²) >= 11 is 0. The second kappa shape index (κ2) is 7.62. The Bertz CT molecular complexity index is 448. The number of hydrogen-bond donors (Lipinski definition) is 1. The van der Waals surface area contributed by atoms with Crippen molar-refractivity contribution in [3.63, 3.8) is 0 Å². The van der Waals surface area contributed by atoms with Crippen LogP contribution in [-0.2, 0) is 16.0 Å². The molecule has 5 nitrogen and oxygen atoms in total. The molecule has 1 saturated heterocycles. The summed E-state index contributed by atoms with van der Waals surface area (Å²) in [5, 5.41) is 2.90. The van der Waals surface area contributed by atoms with Crippen molar-refractivity contribution < 1.29 is 9.59 Å². The van der Waals surface area contributed by atoms with Crippen molar-refractivity contribution in [1.29, 1.82) is 0 Å². The van der Waals surface area contributed by atoms with Gasteiger partial charge in [0.15, 0.2) is 0 Å². The van der Waals surface area contributed by atoms with Gasteiger partial charge in [0.25, 0.3) is 0 Å². The van der Waals surface area contributed by atoms with Crippen molar-refractivity contribution >= 4 is 11.8 Å². The van der Waals surface area contributed by atoms with Gasteiger partial charge in [-0.15, -0.1) is 0 Å². The first-order valence-corrected chi connectivity index (χ1v) is 7.19. The Hall–Kier alpha value is -1.91. The Morgan fingerprint density at radius 2 is 2.15 bits per heavy atom. The summed E-state index contributed by atoms with van der Waals surface area (Å²) in [6.45, 7) is 2.20. The molecule has 5 heteroatoms. The molecule has 0 unspecified atom stereocenters. The molecule has 0 aliphatic carbocycles. The molecule has 1 aliphatic rings. The van der Waals surface area contributed by atoms with Crippen LogP contribution in [0.15, 0.2) is 24.5 Å². The third-order valence-electron chi connectivity index (χ3n) is 3.49. The van der Waals surface area contributed by atoms with Crippen molar-refractivity contribution in [3.8, 4) is 0 Å². The topological polar surface area (TPSA) is 62.3 Å². The van der Waals surface area contributed by atoms with Gasteiger partial charge < -0.3 is 10.2 Å². The van der Waals surface area contributed by atoms with Crippen LogP contribution in [0.2, 0.25) is 0 Å². The summed E-state index contributed by atoms with van der Waals surface area (Å²) in [7, 11) is 0. The first-order chi connectivity index (χ1) is 9.75. The third-order valence-corrected chi connectivity index (χ3v) is 3.49. The number of aromatic nitrogens is 1. The van der Waals surface area contributed by atoms with Gasteiger partial charge in [0.2, 0.25) is 11.8 Å². The second-order valence-electron chi connectivity index (χ2n) is 5.04. The molecule has 0 radical (unpaired) electrons. The van der Waals surface area contributed by atoms with Crippen LogP contribution in [-0.4, -0.2) is 41.3 Å². The monoisotopic (exact) mass is 275 g/mol. The zero-order chi connectivity index (χ0) is 14.2. The van der Waals surface area contributed by atoms with E-state index in [-0.39, 0.29) is 11.8 Å². The minimum Gasteiger partial charge on any atom is -0.356 e. The Kier molecular flexibility index (Phi) is 5.53. The minimum atomic E-state index is 0.0608. The molecule has 2 rings (SSSR count). The van der Waals surface area contributed by atoms with Gasteiger partial charge >= 0.3 is 0 Å². The SMILES string of the molecule is O=C(CCCN1CCCC1=O)NCCc1ccncc1. The highest BCUT2D eigenvalue weighted by atomic mass is 16.2. The number of carbonyl (C=O) groups is 2. The van der Waals surface area contributed by atoms with E-state index in [2.05, 4.69) is 10.3 Å². The highest BCUT2D eigenvalue weighted by molar-refractivity contribution is 5.78. The lowest BCUT2D eigenvalue weighted by Gasteiger charge is -2.14. The molecule has 0 spiro atoms. The van der Waals surface area contributed by atoms with Gasteiger partial charge in [-0.3, -0.25) is 14.6 Å². The predicted molar refractivity (Wildman–Crippen MR) is 76.0 cm³/mol. The molecule has 0 bridgehead atoms. The van der Waals surface area contributed by atoms with Crippen LogP contribution in [0.4, 0.5) is 0 Å². The molecule has 1 fully saturated rings. The average Bonchev–Trinajstić information content (AvgIpc) is 2.86. The molecule has 2 amide bonds. The lowest BCUT2D eigenvalue weighted by Crippen LogP contribution is -2.29. The summed E-state index contributed by atoms with van der Waals surface area (Å²) in [5.74, 6) is 0.286. The molecule has 1 N–H and O–H groups in total. The molecule has 1 aromatic rings. The van der Waals surface area contributed by atoms with E-state index in [1.165, 1.54) is 5.56 Å². The standard InChI is InChI=1S/C15H21N3O2/c19-14(3-1-11-18-12-2-4-15(18)20)17-10-7-13-5-8-16-9-6-13/h5-6,8-9H,1-4,7,10-12H2,(H,17,19). The largest absolute Gasteiger partial charge is 0.356 e. The van der Waals surface area contributed by atoms with Gasteiger partial charge in [0.05, 0.1) is 0 Å². The van der Waals surface area contributed by atoms with Crippen LogP contribution >= 0.6 is 0 Å². The summed E-state index contributed by atoms with van der Waals surface area (Å²) < 4.78 is 0. The van der Waals surface area contributed by atoms with Crippen molar-refractivity contribution in [1.82, 2.24) is 15.2 Å². The number of pyridine rings is 1. The number of nitrogens with zero attached hydrogens (tertiary/aromatic N) is 2. The lowest BCUT2D eigenvalue weighted by atomic mass is 10.2. The Morgan fingerprint density at radius 1 is 1.35 bits per heavy atom. The van der Waals surface area contributed by atoms with Crippen LogP contribution in [0, 0.1) is 0 Å². The van der Waals surface area contributed by atoms with Crippen LogP contribution in [0.5, 0.6) is 0 Å². The highest BCUT2D eigenvalue weighted by Gasteiger charge is 2.19. The van der Waals surface area contributed by atoms with Crippen molar-refractivity contribution in [2.24, 2.45) is 0 Å². The molecule has 20 heavy (non-hydrogen) atoms. The van der Waals surface area contributed by atoms with Gasteiger partial charge in [-0.2, -0.15) is 0 Å². The van der Waals surface area contributed by atoms with Crippen molar-refractivity contribution in [3.05, 3.63) is 30.1 Å². The molecule has 1 aliphatic heterocycles. The Labute approximate surface area is 119 Å². The van der Waals surface area contributed by atoms with Gasteiger partial charge in [-0.1, -0.05) is 0 Å². The number of likely N-dealkylation sites (tertiary alicyclic amines) is 1. The van der Waals surface area contributed by atoms with E-state index >= 15 is 0 Å². The Morgan fingerprint density at radius 3 is 2.85 bits per heavy atom. The summed E-state index contributed by atoms with van der Waals surface area (Å²) in [6, 6.07) is 3.90. The fraction of sp³-hybridized carbons (Fsp3) is 0.533. The summed E-state index contributed by atoms with van der Waals surface area (Å²) in [6.07, 6.45) is 7.18. The number of nitrogens with one attached hydrogen (secondary N) is 1. The van der Waals surface area contributed by atoms with Crippen LogP contribution in [0.3, 0.4) is 0 Å². The fourth-order valence-corrected chi connectivity index (χ4v) is 2.36. The lowest BCUT2D eigenvalue weighted by molar-refractivity contribution is -0.128. The number of carbonyl (C=O) groups excluding carboxylic acids is 2. The molecule has 108 valence electrons. The fourth-order valence-electron chi connectivity index (χ4n) is 2.36. The molecule has 1 aromatic heterocycles. The molecule has 0 aromatic carbocycles. The first-order valence-electron chi connectivity index (χ1n) is 7.19. The zero-order valence-corrected chi connectivity index (χ0v) is 11.7. The average molecular weight is 275 g/mol. The smallest absolute Gasteiger partial charge is 0.222 e. The molecule has 2 heterocycles. The van der Waals surface area contributed by atoms with E-state index in [1.54, 1.807) is 12.4 Å². The quantitative estimate of drug-likeness (QED) is 0.811. The van der Waals surface area contributed by atoms with Crippen LogP contribution in [0.25, 0.3) is 0 Å².